The van der Waals surface area contributed by atoms with Crippen LogP contribution in [0.25, 0.3) is 5.57 Å². The number of imidazole rings is 1. The number of terminal acetylenes is 1. The predicted octanol–water partition coefficient (Wildman–Crippen LogP) is 11.0. The Labute approximate surface area is 325 Å². The number of aryl methyl sites for hydroxylation is 1. The van der Waals surface area contributed by atoms with Crippen LogP contribution in [0.3, 0.4) is 0 Å². The molecule has 266 valence electrons. The van der Waals surface area contributed by atoms with Crippen molar-refractivity contribution < 1.29 is 19.5 Å². The summed E-state index contributed by atoms with van der Waals surface area (Å²) in [5.74, 6) is 4.06. The van der Waals surface area contributed by atoms with Crippen molar-refractivity contribution in [1.82, 2.24) is 9.55 Å². The van der Waals surface area contributed by atoms with Crippen LogP contribution in [-0.4, -0.2) is 40.5 Å². The van der Waals surface area contributed by atoms with Crippen LogP contribution in [0.4, 0.5) is 0 Å². The summed E-state index contributed by atoms with van der Waals surface area (Å²) in [4.78, 5) is 26.3. The first-order valence-corrected chi connectivity index (χ1v) is 22.8. The van der Waals surface area contributed by atoms with Crippen molar-refractivity contribution in [2.75, 3.05) is 0 Å². The van der Waals surface area contributed by atoms with Crippen LogP contribution in [-0.2, 0) is 26.5 Å². The molecule has 0 amide bonds. The fraction of sp³-hybridized carbons (Fsp3) is 0.432. The van der Waals surface area contributed by atoms with Crippen LogP contribution in [0.5, 0.6) is 0 Å². The van der Waals surface area contributed by atoms with Gasteiger partial charge in [-0.15, -0.1) is 12.3 Å². The fourth-order valence-electron chi connectivity index (χ4n) is 7.44. The molecule has 0 fully saturated rings. The van der Waals surface area contributed by atoms with Crippen molar-refractivity contribution in [3.8, 4) is 12.3 Å². The van der Waals surface area contributed by atoms with E-state index in [2.05, 4.69) is 92.6 Å². The molecular weight excluding hydrogens is 706 g/mol. The summed E-state index contributed by atoms with van der Waals surface area (Å²) in [6.45, 7) is 11.6. The minimum absolute atomic E-state index is 0. The molecule has 0 saturated heterocycles. The third kappa shape index (κ3) is 8.70. The standard InChI is InChI=1S/C44H54N6Si.Zn/c1-8-11-13-15-17-19-31-33-21-25-37(46-33)42(41(10-3)51(5,6)7)38-26-22-34(47-38)32(20-18-16-14-12-9-2)36-24-28-40(49-36)43(39-27-23-35(31)48-39)44-45-29-30-50(44)4;/h3,21-30,41H,8-9,11-20H2,1-2,4-7H3;. The van der Waals surface area contributed by atoms with E-state index in [-0.39, 0.29) is 25.0 Å². The summed E-state index contributed by atoms with van der Waals surface area (Å²) in [5.41, 5.74) is 11.8. The Morgan fingerprint density at radius 2 is 1.12 bits per heavy atom. The summed E-state index contributed by atoms with van der Waals surface area (Å²) in [6.07, 6.45) is 41.3. The van der Waals surface area contributed by atoms with Crippen molar-refractivity contribution in [3.63, 3.8) is 0 Å². The van der Waals surface area contributed by atoms with Gasteiger partial charge >= 0.3 is 0 Å². The average Bonchev–Trinajstić information content (AvgIpc) is 3.95. The van der Waals surface area contributed by atoms with Crippen molar-refractivity contribution in [3.05, 3.63) is 106 Å². The smallest absolute Gasteiger partial charge is 0.144 e. The van der Waals surface area contributed by atoms with E-state index in [1.807, 2.05) is 19.4 Å². The largest absolute Gasteiger partial charge is 0.334 e. The van der Waals surface area contributed by atoms with Gasteiger partial charge < -0.3 is 4.57 Å². The Morgan fingerprint density at radius 1 is 0.635 bits per heavy atom. The summed E-state index contributed by atoms with van der Waals surface area (Å²) in [5, 5.41) is 0. The monoisotopic (exact) mass is 758 g/mol. The third-order valence-electron chi connectivity index (χ3n) is 10.3. The number of hydrogen-bond donors (Lipinski definition) is 0. The van der Waals surface area contributed by atoms with Crippen LogP contribution >= 0.6 is 0 Å². The Bertz CT molecular complexity index is 1960. The van der Waals surface area contributed by atoms with Gasteiger partial charge in [-0.05, 0) is 74.3 Å². The second-order valence-corrected chi connectivity index (χ2v) is 20.6. The summed E-state index contributed by atoms with van der Waals surface area (Å²) in [7, 11) is 0.168. The fourth-order valence-corrected chi connectivity index (χ4v) is 9.11. The Hall–Kier alpha value is -3.79. The summed E-state index contributed by atoms with van der Waals surface area (Å²) < 4.78 is 2.06. The summed E-state index contributed by atoms with van der Waals surface area (Å²) in [6, 6.07) is 0. The van der Waals surface area contributed by atoms with Crippen LogP contribution in [0, 0.1) is 12.3 Å². The first-order chi connectivity index (χ1) is 24.7. The van der Waals surface area contributed by atoms with Gasteiger partial charge in [-0.2, -0.15) is 0 Å². The maximum atomic E-state index is 6.39. The molecule has 6 nitrogen and oxygen atoms in total. The van der Waals surface area contributed by atoms with Gasteiger partial charge in [0.15, 0.2) is 0 Å². The average molecular weight is 760 g/mol. The molecule has 5 aliphatic heterocycles. The van der Waals surface area contributed by atoms with Crippen molar-refractivity contribution in [1.29, 1.82) is 0 Å². The minimum Gasteiger partial charge on any atom is -0.334 e. The number of fused-ring (bicyclic) bond motifs is 4. The van der Waals surface area contributed by atoms with E-state index in [4.69, 9.17) is 31.4 Å². The number of rotatable bonds is 15. The zero-order valence-electron chi connectivity index (χ0n) is 32.3. The summed E-state index contributed by atoms with van der Waals surface area (Å²) >= 11 is 0. The van der Waals surface area contributed by atoms with Crippen LogP contribution < -0.4 is 0 Å². The molecule has 0 aromatic carbocycles. The number of hydrogen-bond acceptors (Lipinski definition) is 5. The molecular formula is C44H54N6SiZn. The third-order valence-corrected chi connectivity index (χ3v) is 12.5. The number of nitrogens with zero attached hydrogens (tertiary/aromatic N) is 6. The normalized spacial score (nSPS) is 18.3. The molecule has 1 unspecified atom stereocenters. The van der Waals surface area contributed by atoms with E-state index in [9.17, 15) is 0 Å². The quantitative estimate of drug-likeness (QED) is 0.0997. The Morgan fingerprint density at radius 3 is 1.65 bits per heavy atom. The Kier molecular flexibility index (Phi) is 13.5. The van der Waals surface area contributed by atoms with E-state index >= 15 is 0 Å². The molecule has 6 rings (SSSR count). The topological polar surface area (TPSA) is 67.3 Å². The SMILES string of the molecule is C#CC(C1=C2C=CC(=N2)C(CCCCCCC)=C2C=CC(=N2)C(c2nccn2C)=C2C=CC(=N2)C(CCCCCCC)=C2C=CC1=N2)[Si](C)(C)C.[Zn]. The molecule has 5 aliphatic rings. The molecule has 0 aliphatic carbocycles. The molecule has 8 bridgehead atoms. The van der Waals surface area contributed by atoms with Gasteiger partial charge in [-0.1, -0.05) is 84.9 Å². The second kappa shape index (κ2) is 17.8. The molecule has 1 atom stereocenters. The van der Waals surface area contributed by atoms with E-state index in [0.29, 0.717) is 0 Å². The molecule has 1 aromatic heterocycles. The minimum atomic E-state index is -1.87. The zero-order valence-corrected chi connectivity index (χ0v) is 36.3. The number of allylic oxidation sites excluding steroid dienone is 12. The first kappa shape index (κ1) is 39.4. The van der Waals surface area contributed by atoms with Gasteiger partial charge in [0.1, 0.15) is 5.82 Å². The molecule has 0 radical (unpaired) electrons. The molecule has 1 aromatic rings. The number of aromatic nitrogens is 2. The van der Waals surface area contributed by atoms with E-state index in [1.54, 1.807) is 0 Å². The van der Waals surface area contributed by atoms with E-state index in [0.717, 1.165) is 88.3 Å². The predicted molar refractivity (Wildman–Crippen MR) is 220 cm³/mol. The number of aliphatic imine (C=N–C) groups is 4. The first-order valence-electron chi connectivity index (χ1n) is 19.2. The van der Waals surface area contributed by atoms with Crippen LogP contribution in [0.1, 0.15) is 96.7 Å². The molecule has 0 spiro atoms. The van der Waals surface area contributed by atoms with Gasteiger partial charge in [0.05, 0.1) is 59.3 Å². The van der Waals surface area contributed by atoms with Gasteiger partial charge in [0.25, 0.3) is 0 Å². The van der Waals surface area contributed by atoms with E-state index in [1.165, 1.54) is 62.5 Å². The van der Waals surface area contributed by atoms with Gasteiger partial charge in [-0.25, -0.2) is 25.0 Å². The van der Waals surface area contributed by atoms with Crippen molar-refractivity contribution in [2.45, 2.75) is 116 Å². The maximum absolute atomic E-state index is 6.39. The second-order valence-electron chi connectivity index (χ2n) is 15.3. The van der Waals surface area contributed by atoms with Gasteiger partial charge in [0.2, 0.25) is 0 Å². The maximum Gasteiger partial charge on any atom is 0.144 e. The van der Waals surface area contributed by atoms with Crippen LogP contribution in [0.2, 0.25) is 25.2 Å². The van der Waals surface area contributed by atoms with Gasteiger partial charge in [0, 0.05) is 61.2 Å². The molecule has 8 heteroatoms. The zero-order chi connectivity index (χ0) is 36.0. The molecule has 0 saturated carbocycles. The molecule has 52 heavy (non-hydrogen) atoms. The van der Waals surface area contributed by atoms with Gasteiger partial charge in [-0.3, -0.25) is 0 Å². The van der Waals surface area contributed by atoms with Crippen molar-refractivity contribution in [2.24, 2.45) is 27.0 Å². The van der Waals surface area contributed by atoms with Crippen LogP contribution in [0.15, 0.2) is 120 Å². The van der Waals surface area contributed by atoms with Crippen molar-refractivity contribution >= 4 is 36.5 Å². The van der Waals surface area contributed by atoms with E-state index < -0.39 is 8.07 Å². The number of unbranched alkanes of at least 4 members (excludes halogenated alkanes) is 8. The Balaban J connectivity index is 0.00000523. The molecule has 6 heterocycles. The molecule has 0 N–H and O–H groups in total.